The van der Waals surface area contributed by atoms with Crippen LogP contribution >= 0.6 is 11.9 Å². The average Bonchev–Trinajstić information content (AvgIpc) is 3.49. The SMILES string of the molecule is COc1ccc(-c2cc3c(c(SN)c2)OCC3)cn1.OCCCc1c[nH]c2ccccc12. The number of methoxy groups -OCH3 is 1. The molecule has 0 spiro atoms. The van der Waals surface area contributed by atoms with E-state index in [4.69, 9.17) is 19.7 Å². The third-order valence-electron chi connectivity index (χ3n) is 5.43. The summed E-state index contributed by atoms with van der Waals surface area (Å²) in [5.41, 5.74) is 5.83. The number of nitrogens with zero attached hydrogens (tertiary/aromatic N) is 1. The van der Waals surface area contributed by atoms with Gasteiger partial charge in [-0.25, -0.2) is 4.98 Å². The maximum Gasteiger partial charge on any atom is 0.212 e. The molecule has 6 nitrogen and oxygen atoms in total. The van der Waals surface area contributed by atoms with E-state index < -0.39 is 0 Å². The van der Waals surface area contributed by atoms with Gasteiger partial charge in [-0.2, -0.15) is 0 Å². The van der Waals surface area contributed by atoms with Gasteiger partial charge in [-0.3, -0.25) is 5.14 Å². The number of H-pyrrole nitrogens is 1. The highest BCUT2D eigenvalue weighted by Crippen LogP contribution is 2.38. The molecule has 32 heavy (non-hydrogen) atoms. The minimum Gasteiger partial charge on any atom is -0.492 e. The molecular weight excluding hydrogens is 422 g/mol. The molecule has 4 N–H and O–H groups in total. The number of aliphatic hydroxyl groups is 1. The van der Waals surface area contributed by atoms with Gasteiger partial charge in [0.1, 0.15) is 5.75 Å². The van der Waals surface area contributed by atoms with E-state index in [0.29, 0.717) is 5.88 Å². The van der Waals surface area contributed by atoms with Crippen LogP contribution in [-0.4, -0.2) is 35.4 Å². The normalized spacial score (nSPS) is 12.1. The number of ether oxygens (including phenoxy) is 2. The molecule has 1 aliphatic rings. The predicted octanol–water partition coefficient (Wildman–Crippen LogP) is 4.75. The third-order valence-corrected chi connectivity index (χ3v) is 5.99. The van der Waals surface area contributed by atoms with Crippen LogP contribution in [0, 0.1) is 0 Å². The van der Waals surface area contributed by atoms with Gasteiger partial charge < -0.3 is 19.6 Å². The zero-order chi connectivity index (χ0) is 22.3. The topological polar surface area (TPSA) is 93.4 Å². The van der Waals surface area contributed by atoms with Crippen molar-refractivity contribution >= 4 is 22.9 Å². The smallest absolute Gasteiger partial charge is 0.212 e. The van der Waals surface area contributed by atoms with Crippen molar-refractivity contribution in [3.05, 3.63) is 72.1 Å². The Balaban J connectivity index is 0.000000165. The number of pyridine rings is 1. The van der Waals surface area contributed by atoms with Gasteiger partial charge in [0.2, 0.25) is 5.88 Å². The standard InChI is InChI=1S/C14H14N2O2S.C11H13NO/c1-17-13-3-2-10(8-16-13)11-6-9-4-5-18-14(9)12(7-11)19-15;13-7-3-4-9-8-12-11-6-2-1-5-10(9)11/h2-3,6-8H,4-5,15H2,1H3;1-2,5-6,8,12-13H,3-4,7H2. The van der Waals surface area contributed by atoms with Crippen molar-refractivity contribution in [3.8, 4) is 22.8 Å². The van der Waals surface area contributed by atoms with Crippen LogP contribution in [0.5, 0.6) is 11.6 Å². The lowest BCUT2D eigenvalue weighted by molar-refractivity contribution is 0.289. The first-order valence-corrected chi connectivity index (χ1v) is 11.4. The van der Waals surface area contributed by atoms with Crippen LogP contribution in [-0.2, 0) is 12.8 Å². The van der Waals surface area contributed by atoms with Crippen LogP contribution in [0.25, 0.3) is 22.0 Å². The quantitative estimate of drug-likeness (QED) is 0.368. The van der Waals surface area contributed by atoms with E-state index in [1.807, 2.05) is 36.5 Å². The number of aryl methyl sites for hydroxylation is 1. The lowest BCUT2D eigenvalue weighted by atomic mass is 10.0. The van der Waals surface area contributed by atoms with Crippen molar-refractivity contribution in [2.45, 2.75) is 24.2 Å². The Morgan fingerprint density at radius 3 is 2.81 bits per heavy atom. The van der Waals surface area contributed by atoms with E-state index >= 15 is 0 Å². The van der Waals surface area contributed by atoms with Crippen LogP contribution in [0.15, 0.2) is 65.8 Å². The fourth-order valence-electron chi connectivity index (χ4n) is 3.81. The number of aromatic nitrogens is 2. The average molecular weight is 450 g/mol. The molecule has 0 radical (unpaired) electrons. The Morgan fingerprint density at radius 2 is 2.06 bits per heavy atom. The number of rotatable bonds is 6. The molecule has 5 rings (SSSR count). The zero-order valence-electron chi connectivity index (χ0n) is 18.0. The molecule has 2 aromatic heterocycles. The van der Waals surface area contributed by atoms with Crippen LogP contribution in [0.2, 0.25) is 0 Å². The van der Waals surface area contributed by atoms with Gasteiger partial charge in [0.05, 0.1) is 18.6 Å². The number of aromatic amines is 1. The summed E-state index contributed by atoms with van der Waals surface area (Å²) in [7, 11) is 1.61. The molecule has 166 valence electrons. The second kappa shape index (κ2) is 10.5. The third kappa shape index (κ3) is 4.91. The van der Waals surface area contributed by atoms with E-state index in [9.17, 15) is 0 Å². The van der Waals surface area contributed by atoms with Crippen molar-refractivity contribution < 1.29 is 14.6 Å². The molecule has 3 heterocycles. The summed E-state index contributed by atoms with van der Waals surface area (Å²) < 4.78 is 10.7. The Labute approximate surface area is 191 Å². The largest absolute Gasteiger partial charge is 0.492 e. The van der Waals surface area contributed by atoms with Gasteiger partial charge in [0, 0.05) is 48.0 Å². The molecule has 0 unspecified atom stereocenters. The Kier molecular flexibility index (Phi) is 7.32. The number of para-hydroxylation sites is 1. The molecule has 2 aromatic carbocycles. The lowest BCUT2D eigenvalue weighted by Gasteiger charge is -2.09. The molecule has 0 bridgehead atoms. The fourth-order valence-corrected chi connectivity index (χ4v) is 4.30. The molecule has 7 heteroatoms. The summed E-state index contributed by atoms with van der Waals surface area (Å²) in [5.74, 6) is 1.54. The van der Waals surface area contributed by atoms with Crippen molar-refractivity contribution in [2.75, 3.05) is 20.3 Å². The van der Waals surface area contributed by atoms with Crippen molar-refractivity contribution in [1.29, 1.82) is 0 Å². The van der Waals surface area contributed by atoms with Gasteiger partial charge in [-0.1, -0.05) is 18.2 Å². The summed E-state index contributed by atoms with van der Waals surface area (Å²) in [6.45, 7) is 0.993. The zero-order valence-corrected chi connectivity index (χ0v) is 18.8. The molecule has 0 aliphatic carbocycles. The van der Waals surface area contributed by atoms with E-state index in [0.717, 1.165) is 47.6 Å². The van der Waals surface area contributed by atoms with Gasteiger partial charge in [0.15, 0.2) is 0 Å². The lowest BCUT2D eigenvalue weighted by Crippen LogP contribution is -1.91. The Morgan fingerprint density at radius 1 is 1.19 bits per heavy atom. The maximum atomic E-state index is 8.73. The number of benzene rings is 2. The van der Waals surface area contributed by atoms with E-state index in [2.05, 4.69) is 28.2 Å². The summed E-state index contributed by atoms with van der Waals surface area (Å²) in [6.07, 6.45) is 6.55. The van der Waals surface area contributed by atoms with Gasteiger partial charge in [0.25, 0.3) is 0 Å². The summed E-state index contributed by atoms with van der Waals surface area (Å²) in [4.78, 5) is 8.42. The number of hydrogen-bond acceptors (Lipinski definition) is 6. The first kappa shape index (κ1) is 22.2. The van der Waals surface area contributed by atoms with Crippen LogP contribution in [0.3, 0.4) is 0 Å². The number of nitrogens with one attached hydrogen (secondary N) is 1. The number of nitrogens with two attached hydrogens (primary N) is 1. The minimum absolute atomic E-state index is 0.263. The second-order valence-electron chi connectivity index (χ2n) is 7.45. The Hall–Kier alpha value is -3.00. The van der Waals surface area contributed by atoms with Gasteiger partial charge in [-0.15, -0.1) is 0 Å². The Bertz CT molecular complexity index is 1170. The van der Waals surface area contributed by atoms with Crippen molar-refractivity contribution in [3.63, 3.8) is 0 Å². The van der Waals surface area contributed by atoms with E-state index in [-0.39, 0.29) is 6.61 Å². The summed E-state index contributed by atoms with van der Waals surface area (Å²) >= 11 is 1.22. The molecule has 4 aromatic rings. The van der Waals surface area contributed by atoms with Gasteiger partial charge in [-0.05, 0) is 65.7 Å². The van der Waals surface area contributed by atoms with Crippen LogP contribution in [0.1, 0.15) is 17.5 Å². The molecule has 0 saturated carbocycles. The maximum absolute atomic E-state index is 8.73. The molecule has 1 aliphatic heterocycles. The van der Waals surface area contributed by atoms with Crippen molar-refractivity contribution in [1.82, 2.24) is 9.97 Å². The summed E-state index contributed by atoms with van der Waals surface area (Å²) in [5, 5.41) is 15.7. The first-order chi connectivity index (χ1) is 15.7. The van der Waals surface area contributed by atoms with Gasteiger partial charge >= 0.3 is 0 Å². The van der Waals surface area contributed by atoms with Crippen LogP contribution in [0.4, 0.5) is 0 Å². The van der Waals surface area contributed by atoms with Crippen LogP contribution < -0.4 is 14.6 Å². The minimum atomic E-state index is 0.263. The number of aliphatic hydroxyl groups excluding tert-OH is 1. The molecule has 0 amide bonds. The highest BCUT2D eigenvalue weighted by Gasteiger charge is 2.18. The highest BCUT2D eigenvalue weighted by molar-refractivity contribution is 7.97. The first-order valence-electron chi connectivity index (χ1n) is 10.6. The number of fused-ring (bicyclic) bond motifs is 2. The fraction of sp³-hybridized carbons (Fsp3) is 0.240. The van der Waals surface area contributed by atoms with Crippen molar-refractivity contribution in [2.24, 2.45) is 5.14 Å². The molecule has 0 fully saturated rings. The van der Waals surface area contributed by atoms with E-state index in [1.165, 1.54) is 34.0 Å². The predicted molar refractivity (Wildman–Crippen MR) is 129 cm³/mol. The molecule has 0 atom stereocenters. The summed E-state index contributed by atoms with van der Waals surface area (Å²) in [6, 6.07) is 16.3. The molecular formula is C25H27N3O3S. The highest BCUT2D eigenvalue weighted by atomic mass is 32.2. The number of hydrogen-bond donors (Lipinski definition) is 3. The van der Waals surface area contributed by atoms with E-state index in [1.54, 1.807) is 13.3 Å². The second-order valence-corrected chi connectivity index (χ2v) is 8.13. The monoisotopic (exact) mass is 449 g/mol. The molecule has 0 saturated heterocycles.